The summed E-state index contributed by atoms with van der Waals surface area (Å²) in [5.41, 5.74) is 0.217. The smallest absolute Gasteiger partial charge is 0.260 e. The lowest BCUT2D eigenvalue weighted by Crippen LogP contribution is -2.35. The monoisotopic (exact) mass is 280 g/mol. The standard InChI is InChI=1S/C13H16N2O3S/c16-15(17)12(11-14-6-9-19-10-7-14)3-1-4-13-5-2-8-18-13/h1-5,8H,6-7,9-11H2/b4-1+,12-3-. The average molecular weight is 280 g/mol. The lowest BCUT2D eigenvalue weighted by molar-refractivity contribution is -0.428. The summed E-state index contributed by atoms with van der Waals surface area (Å²) in [5, 5.41) is 11.0. The van der Waals surface area contributed by atoms with Crippen LogP contribution in [0, 0.1) is 10.1 Å². The van der Waals surface area contributed by atoms with Gasteiger partial charge in [-0.3, -0.25) is 15.0 Å². The van der Waals surface area contributed by atoms with Crippen molar-refractivity contribution in [1.29, 1.82) is 0 Å². The molecule has 0 aromatic carbocycles. The number of nitrogens with zero attached hydrogens (tertiary/aromatic N) is 2. The Labute approximate surface area is 116 Å². The predicted octanol–water partition coefficient (Wildman–Crippen LogP) is 2.50. The average Bonchev–Trinajstić information content (AvgIpc) is 2.92. The molecule has 1 saturated heterocycles. The molecular formula is C13H16N2O3S. The van der Waals surface area contributed by atoms with E-state index in [4.69, 9.17) is 4.42 Å². The number of hydrogen-bond acceptors (Lipinski definition) is 5. The molecule has 0 unspecified atom stereocenters. The highest BCUT2D eigenvalue weighted by Gasteiger charge is 2.17. The predicted molar refractivity (Wildman–Crippen MR) is 76.6 cm³/mol. The number of nitro groups is 1. The second kappa shape index (κ2) is 7.16. The highest BCUT2D eigenvalue weighted by Crippen LogP contribution is 2.11. The van der Waals surface area contributed by atoms with Crippen LogP contribution in [-0.4, -0.2) is 41.0 Å². The molecule has 1 aromatic heterocycles. The van der Waals surface area contributed by atoms with Gasteiger partial charge in [-0.05, 0) is 18.2 Å². The van der Waals surface area contributed by atoms with Crippen LogP contribution < -0.4 is 0 Å². The van der Waals surface area contributed by atoms with Crippen molar-refractivity contribution in [1.82, 2.24) is 4.90 Å². The van der Waals surface area contributed by atoms with Gasteiger partial charge in [-0.2, -0.15) is 11.8 Å². The molecule has 102 valence electrons. The van der Waals surface area contributed by atoms with Gasteiger partial charge in [0.2, 0.25) is 0 Å². The van der Waals surface area contributed by atoms with Gasteiger partial charge in [-0.15, -0.1) is 0 Å². The van der Waals surface area contributed by atoms with E-state index in [-0.39, 0.29) is 10.6 Å². The van der Waals surface area contributed by atoms with Gasteiger partial charge in [0.15, 0.2) is 0 Å². The Morgan fingerprint density at radius 2 is 2.32 bits per heavy atom. The largest absolute Gasteiger partial charge is 0.465 e. The van der Waals surface area contributed by atoms with Gasteiger partial charge in [0.25, 0.3) is 5.70 Å². The van der Waals surface area contributed by atoms with E-state index in [2.05, 4.69) is 4.90 Å². The highest BCUT2D eigenvalue weighted by molar-refractivity contribution is 7.99. The van der Waals surface area contributed by atoms with Crippen LogP contribution in [0.5, 0.6) is 0 Å². The quantitative estimate of drug-likeness (QED) is 0.471. The normalized spacial score (nSPS) is 18.0. The summed E-state index contributed by atoms with van der Waals surface area (Å²) in [4.78, 5) is 12.8. The van der Waals surface area contributed by atoms with Crippen molar-refractivity contribution in [2.24, 2.45) is 0 Å². The third-order valence-corrected chi connectivity index (χ3v) is 3.76. The second-order valence-electron chi connectivity index (χ2n) is 4.18. The first kappa shape index (κ1) is 13.9. The van der Waals surface area contributed by atoms with E-state index < -0.39 is 0 Å². The van der Waals surface area contributed by atoms with Crippen LogP contribution in [-0.2, 0) is 0 Å². The van der Waals surface area contributed by atoms with Gasteiger partial charge in [-0.1, -0.05) is 6.08 Å². The number of hydrogen-bond donors (Lipinski definition) is 0. The fourth-order valence-electron chi connectivity index (χ4n) is 1.80. The molecule has 0 bridgehead atoms. The van der Waals surface area contributed by atoms with Crippen molar-refractivity contribution >= 4 is 17.8 Å². The minimum atomic E-state index is -0.311. The van der Waals surface area contributed by atoms with Crippen LogP contribution in [0.1, 0.15) is 5.76 Å². The summed E-state index contributed by atoms with van der Waals surface area (Å²) < 4.78 is 5.13. The lowest BCUT2D eigenvalue weighted by Gasteiger charge is -2.24. The number of thioether (sulfide) groups is 1. The SMILES string of the molecule is O=[N+]([O-])/C(=C\C=C\c1ccco1)CN1CCSCC1. The van der Waals surface area contributed by atoms with E-state index in [1.54, 1.807) is 36.6 Å². The van der Waals surface area contributed by atoms with Gasteiger partial charge in [0.1, 0.15) is 5.76 Å². The van der Waals surface area contributed by atoms with Gasteiger partial charge < -0.3 is 4.42 Å². The number of furan rings is 1. The fourth-order valence-corrected chi connectivity index (χ4v) is 2.78. The van der Waals surface area contributed by atoms with E-state index in [0.717, 1.165) is 24.6 Å². The maximum atomic E-state index is 11.0. The molecule has 0 amide bonds. The Kier molecular flexibility index (Phi) is 5.23. The van der Waals surface area contributed by atoms with Crippen LogP contribution >= 0.6 is 11.8 Å². The first-order valence-electron chi connectivity index (χ1n) is 6.11. The molecule has 1 aromatic rings. The Morgan fingerprint density at radius 1 is 1.53 bits per heavy atom. The van der Waals surface area contributed by atoms with Crippen molar-refractivity contribution in [3.05, 3.63) is 52.1 Å². The molecular weight excluding hydrogens is 264 g/mol. The highest BCUT2D eigenvalue weighted by atomic mass is 32.2. The van der Waals surface area contributed by atoms with E-state index >= 15 is 0 Å². The Balaban J connectivity index is 1.96. The molecule has 0 saturated carbocycles. The van der Waals surface area contributed by atoms with Crippen molar-refractivity contribution in [3.8, 4) is 0 Å². The van der Waals surface area contributed by atoms with Gasteiger partial charge in [0.05, 0.1) is 17.7 Å². The molecule has 1 aliphatic heterocycles. The zero-order chi connectivity index (χ0) is 13.5. The van der Waals surface area contributed by atoms with E-state index in [0.29, 0.717) is 12.3 Å². The van der Waals surface area contributed by atoms with Crippen molar-refractivity contribution in [2.75, 3.05) is 31.1 Å². The molecule has 0 aliphatic carbocycles. The lowest BCUT2D eigenvalue weighted by atomic mass is 10.3. The van der Waals surface area contributed by atoms with Crippen molar-refractivity contribution < 1.29 is 9.34 Å². The van der Waals surface area contributed by atoms with Crippen molar-refractivity contribution in [3.63, 3.8) is 0 Å². The minimum absolute atomic E-state index is 0.217. The van der Waals surface area contributed by atoms with Crippen LogP contribution in [0.2, 0.25) is 0 Å². The van der Waals surface area contributed by atoms with E-state index in [1.807, 2.05) is 11.8 Å². The minimum Gasteiger partial charge on any atom is -0.465 e. The number of rotatable bonds is 5. The van der Waals surface area contributed by atoms with E-state index in [1.165, 1.54) is 0 Å². The maximum Gasteiger partial charge on any atom is 0.260 e. The summed E-state index contributed by atoms with van der Waals surface area (Å²) >= 11 is 1.89. The zero-order valence-corrected chi connectivity index (χ0v) is 11.3. The molecule has 0 N–H and O–H groups in total. The zero-order valence-electron chi connectivity index (χ0n) is 10.5. The van der Waals surface area contributed by atoms with Crippen LogP contribution in [0.3, 0.4) is 0 Å². The molecule has 5 nitrogen and oxygen atoms in total. The molecule has 1 aliphatic rings. The van der Waals surface area contributed by atoms with Crippen molar-refractivity contribution in [2.45, 2.75) is 0 Å². The summed E-state index contributed by atoms with van der Waals surface area (Å²) in [6.07, 6.45) is 6.50. The summed E-state index contributed by atoms with van der Waals surface area (Å²) in [6, 6.07) is 3.58. The third kappa shape index (κ3) is 4.57. The number of allylic oxidation sites excluding steroid dienone is 2. The van der Waals surface area contributed by atoms with Crippen LogP contribution in [0.4, 0.5) is 0 Å². The Bertz CT molecular complexity index is 462. The summed E-state index contributed by atoms with van der Waals surface area (Å²) in [5.74, 6) is 2.79. The summed E-state index contributed by atoms with van der Waals surface area (Å²) in [6.45, 7) is 2.23. The molecule has 2 rings (SSSR count). The first-order valence-corrected chi connectivity index (χ1v) is 7.26. The summed E-state index contributed by atoms with van der Waals surface area (Å²) in [7, 11) is 0. The Morgan fingerprint density at radius 3 is 2.95 bits per heavy atom. The molecule has 19 heavy (non-hydrogen) atoms. The molecule has 6 heteroatoms. The molecule has 0 spiro atoms. The van der Waals surface area contributed by atoms with Crippen LogP contribution in [0.15, 0.2) is 40.7 Å². The van der Waals surface area contributed by atoms with E-state index in [9.17, 15) is 10.1 Å². The molecule has 0 radical (unpaired) electrons. The Hall–Kier alpha value is -1.53. The molecule has 0 atom stereocenters. The van der Waals surface area contributed by atoms with Gasteiger partial charge in [-0.25, -0.2) is 0 Å². The fraction of sp³-hybridized carbons (Fsp3) is 0.385. The topological polar surface area (TPSA) is 59.5 Å². The van der Waals surface area contributed by atoms with Crippen LogP contribution in [0.25, 0.3) is 6.08 Å². The third-order valence-electron chi connectivity index (χ3n) is 2.82. The second-order valence-corrected chi connectivity index (χ2v) is 5.40. The first-order chi connectivity index (χ1) is 9.25. The molecule has 2 heterocycles. The maximum absolute atomic E-state index is 11.0. The van der Waals surface area contributed by atoms with Gasteiger partial charge >= 0.3 is 0 Å². The van der Waals surface area contributed by atoms with Gasteiger partial charge in [0, 0.05) is 30.7 Å². The molecule has 1 fully saturated rings.